The van der Waals surface area contributed by atoms with E-state index in [0.717, 1.165) is 45.7 Å². The van der Waals surface area contributed by atoms with Crippen molar-refractivity contribution >= 4 is 29.8 Å². The predicted molar refractivity (Wildman–Crippen MR) is 109 cm³/mol. The molecule has 2 unspecified atom stereocenters. The van der Waals surface area contributed by atoms with Gasteiger partial charge < -0.3 is 15.5 Å². The van der Waals surface area contributed by atoms with Crippen LogP contribution >= 0.6 is 12.4 Å². The molecular weight excluding hydrogens is 386 g/mol. The van der Waals surface area contributed by atoms with Crippen LogP contribution in [0.4, 0.5) is 11.5 Å². The van der Waals surface area contributed by atoms with Gasteiger partial charge in [-0.1, -0.05) is 6.92 Å². The van der Waals surface area contributed by atoms with Gasteiger partial charge in [0.05, 0.1) is 4.92 Å². The average Bonchev–Trinajstić information content (AvgIpc) is 3.24. The van der Waals surface area contributed by atoms with Crippen LogP contribution in [0.3, 0.4) is 0 Å². The van der Waals surface area contributed by atoms with Crippen molar-refractivity contribution in [3.63, 3.8) is 0 Å². The van der Waals surface area contributed by atoms with Crippen molar-refractivity contribution in [2.24, 2.45) is 7.05 Å². The molecule has 2 N–H and O–H groups in total. The van der Waals surface area contributed by atoms with Crippen LogP contribution in [0, 0.1) is 17.0 Å². The van der Waals surface area contributed by atoms with Crippen molar-refractivity contribution in [3.05, 3.63) is 15.8 Å². The molecule has 3 heterocycles. The molecule has 0 radical (unpaired) electrons. The summed E-state index contributed by atoms with van der Waals surface area (Å²) >= 11 is 0. The quantitative estimate of drug-likeness (QED) is 0.521. The number of anilines is 1. The lowest BCUT2D eigenvalue weighted by atomic mass is 10.2. The van der Waals surface area contributed by atoms with E-state index in [1.807, 2.05) is 11.8 Å². The van der Waals surface area contributed by atoms with Crippen LogP contribution in [0.25, 0.3) is 0 Å². The molecule has 2 aliphatic heterocycles. The number of hydrogen-bond acceptors (Lipinski definition) is 7. The Hall–Kier alpha value is -1.91. The van der Waals surface area contributed by atoms with E-state index in [4.69, 9.17) is 0 Å². The van der Waals surface area contributed by atoms with Crippen LogP contribution in [0.15, 0.2) is 0 Å². The maximum Gasteiger partial charge on any atom is 0.333 e. The van der Waals surface area contributed by atoms with E-state index in [1.165, 1.54) is 4.68 Å². The molecule has 2 saturated heterocycles. The van der Waals surface area contributed by atoms with Crippen molar-refractivity contribution in [2.75, 3.05) is 44.6 Å². The molecule has 2 atom stereocenters. The summed E-state index contributed by atoms with van der Waals surface area (Å²) in [6.45, 7) is 8.99. The standard InChI is InChI=1S/C17H29N7O3.ClH/c1-4-14(19-16-15(24(26)27)12(2)20-21(16)3)17(25)23-8-5-13(11-23)22-9-6-18-7-10-22;/h13-14,18-19H,4-11H2,1-3H3;1H. The second kappa shape index (κ2) is 9.53. The Morgan fingerprint density at radius 1 is 1.39 bits per heavy atom. The minimum atomic E-state index is -0.500. The van der Waals surface area contributed by atoms with Gasteiger partial charge in [-0.2, -0.15) is 5.10 Å². The number of nitrogens with zero attached hydrogens (tertiary/aromatic N) is 5. The summed E-state index contributed by atoms with van der Waals surface area (Å²) in [4.78, 5) is 28.3. The maximum atomic E-state index is 13.0. The van der Waals surface area contributed by atoms with E-state index >= 15 is 0 Å². The molecule has 28 heavy (non-hydrogen) atoms. The zero-order valence-electron chi connectivity index (χ0n) is 16.7. The highest BCUT2D eigenvalue weighted by molar-refractivity contribution is 5.86. The molecule has 0 bridgehead atoms. The first-order valence-corrected chi connectivity index (χ1v) is 9.60. The Morgan fingerprint density at radius 2 is 2.07 bits per heavy atom. The van der Waals surface area contributed by atoms with Gasteiger partial charge in [0.1, 0.15) is 11.7 Å². The van der Waals surface area contributed by atoms with Crippen LogP contribution in [0.2, 0.25) is 0 Å². The van der Waals surface area contributed by atoms with E-state index in [0.29, 0.717) is 18.2 Å². The number of nitro groups is 1. The van der Waals surface area contributed by atoms with E-state index in [-0.39, 0.29) is 29.8 Å². The fourth-order valence-electron chi connectivity index (χ4n) is 4.04. The Bertz CT molecular complexity index is 705. The molecule has 0 saturated carbocycles. The topological polar surface area (TPSA) is 109 Å². The number of rotatable bonds is 6. The van der Waals surface area contributed by atoms with Gasteiger partial charge in [-0.15, -0.1) is 12.4 Å². The number of aryl methyl sites for hydroxylation is 2. The molecule has 1 aromatic rings. The minimum Gasteiger partial charge on any atom is -0.353 e. The number of likely N-dealkylation sites (tertiary alicyclic amines) is 1. The van der Waals surface area contributed by atoms with Gasteiger partial charge in [-0.05, 0) is 19.8 Å². The third-order valence-corrected chi connectivity index (χ3v) is 5.53. The molecule has 1 aromatic heterocycles. The summed E-state index contributed by atoms with van der Waals surface area (Å²) in [5, 5.41) is 21.9. The van der Waals surface area contributed by atoms with Crippen molar-refractivity contribution < 1.29 is 9.72 Å². The van der Waals surface area contributed by atoms with Gasteiger partial charge in [-0.25, -0.2) is 4.68 Å². The van der Waals surface area contributed by atoms with Gasteiger partial charge in [0.2, 0.25) is 11.7 Å². The molecule has 1 amide bonds. The van der Waals surface area contributed by atoms with Crippen LogP contribution in [0.1, 0.15) is 25.5 Å². The Kier molecular flexibility index (Phi) is 7.62. The van der Waals surface area contributed by atoms with Gasteiger partial charge in [0.25, 0.3) is 0 Å². The second-order valence-corrected chi connectivity index (χ2v) is 7.28. The van der Waals surface area contributed by atoms with Gasteiger partial charge in [-0.3, -0.25) is 19.8 Å². The Balaban J connectivity index is 0.00000280. The van der Waals surface area contributed by atoms with Crippen molar-refractivity contribution in [1.29, 1.82) is 0 Å². The fourth-order valence-corrected chi connectivity index (χ4v) is 4.04. The second-order valence-electron chi connectivity index (χ2n) is 7.28. The maximum absolute atomic E-state index is 13.0. The summed E-state index contributed by atoms with van der Waals surface area (Å²) in [5.74, 6) is 0.291. The van der Waals surface area contributed by atoms with Crippen LogP contribution < -0.4 is 10.6 Å². The smallest absolute Gasteiger partial charge is 0.333 e. The molecule has 2 aliphatic rings. The monoisotopic (exact) mass is 415 g/mol. The summed E-state index contributed by atoms with van der Waals surface area (Å²) < 4.78 is 1.44. The molecule has 10 nitrogen and oxygen atoms in total. The fraction of sp³-hybridized carbons (Fsp3) is 0.765. The minimum absolute atomic E-state index is 0. The molecule has 0 aliphatic carbocycles. The van der Waals surface area contributed by atoms with Gasteiger partial charge >= 0.3 is 5.69 Å². The lowest BCUT2D eigenvalue weighted by Crippen LogP contribution is -2.50. The van der Waals surface area contributed by atoms with Crippen molar-refractivity contribution in [2.45, 2.75) is 38.8 Å². The number of carbonyl (C=O) groups is 1. The van der Waals surface area contributed by atoms with Gasteiger partial charge in [0.15, 0.2) is 0 Å². The molecule has 0 aromatic carbocycles. The number of nitrogens with one attached hydrogen (secondary N) is 2. The number of aromatic nitrogens is 2. The predicted octanol–water partition coefficient (Wildman–Crippen LogP) is 0.755. The molecule has 158 valence electrons. The number of amides is 1. The van der Waals surface area contributed by atoms with E-state index in [1.54, 1.807) is 14.0 Å². The third kappa shape index (κ3) is 4.56. The normalized spacial score (nSPS) is 21.2. The largest absolute Gasteiger partial charge is 0.353 e. The van der Waals surface area contributed by atoms with E-state index in [9.17, 15) is 14.9 Å². The highest BCUT2D eigenvalue weighted by atomic mass is 35.5. The first kappa shape index (κ1) is 22.4. The first-order valence-electron chi connectivity index (χ1n) is 9.60. The summed E-state index contributed by atoms with van der Waals surface area (Å²) in [5.41, 5.74) is 0.274. The third-order valence-electron chi connectivity index (χ3n) is 5.53. The molecule has 3 rings (SSSR count). The summed E-state index contributed by atoms with van der Waals surface area (Å²) in [6.07, 6.45) is 1.53. The highest BCUT2D eigenvalue weighted by Gasteiger charge is 2.35. The number of hydrogen-bond donors (Lipinski definition) is 2. The van der Waals surface area contributed by atoms with E-state index in [2.05, 4.69) is 20.6 Å². The van der Waals surface area contributed by atoms with Crippen molar-refractivity contribution in [3.8, 4) is 0 Å². The first-order chi connectivity index (χ1) is 12.9. The summed E-state index contributed by atoms with van der Waals surface area (Å²) in [7, 11) is 1.65. The molecular formula is C17H30ClN7O3. The SMILES string of the molecule is CCC(Nc1c([N+](=O)[O-])c(C)nn1C)C(=O)N1CCC(N2CCNCC2)C1.Cl. The average molecular weight is 416 g/mol. The van der Waals surface area contributed by atoms with Crippen LogP contribution in [-0.4, -0.2) is 81.8 Å². The highest BCUT2D eigenvalue weighted by Crippen LogP contribution is 2.29. The molecule has 11 heteroatoms. The Morgan fingerprint density at radius 3 is 2.68 bits per heavy atom. The Labute approximate surface area is 171 Å². The lowest BCUT2D eigenvalue weighted by molar-refractivity contribution is -0.384. The van der Waals surface area contributed by atoms with Crippen LogP contribution in [0.5, 0.6) is 0 Å². The van der Waals surface area contributed by atoms with Gasteiger partial charge in [0, 0.05) is 52.4 Å². The number of piperazine rings is 1. The number of carbonyl (C=O) groups excluding carboxylic acids is 1. The van der Waals surface area contributed by atoms with Crippen molar-refractivity contribution in [1.82, 2.24) is 24.9 Å². The zero-order valence-corrected chi connectivity index (χ0v) is 17.5. The van der Waals surface area contributed by atoms with Crippen LogP contribution in [-0.2, 0) is 11.8 Å². The molecule has 2 fully saturated rings. The zero-order chi connectivity index (χ0) is 19.6. The summed E-state index contributed by atoms with van der Waals surface area (Å²) in [6, 6.07) is -0.0953. The van der Waals surface area contributed by atoms with E-state index < -0.39 is 11.0 Å². The lowest BCUT2D eigenvalue weighted by Gasteiger charge is -2.32. The molecule has 0 spiro atoms. The number of halogens is 1.